The van der Waals surface area contributed by atoms with Crippen molar-refractivity contribution in [3.05, 3.63) is 0 Å². The van der Waals surface area contributed by atoms with Crippen LogP contribution in [0.25, 0.3) is 0 Å². The van der Waals surface area contributed by atoms with E-state index in [2.05, 4.69) is 36.3 Å². The Morgan fingerprint density at radius 2 is 2.05 bits per heavy atom. The Labute approximate surface area is 117 Å². The van der Waals surface area contributed by atoms with Crippen LogP contribution in [0.1, 0.15) is 46.5 Å². The maximum atomic E-state index is 12.4. The molecule has 2 fully saturated rings. The van der Waals surface area contributed by atoms with E-state index in [1.54, 1.807) is 0 Å². The van der Waals surface area contributed by atoms with E-state index in [-0.39, 0.29) is 17.4 Å². The van der Waals surface area contributed by atoms with Gasteiger partial charge in [0.15, 0.2) is 0 Å². The molecule has 0 aromatic rings. The van der Waals surface area contributed by atoms with Gasteiger partial charge in [0.1, 0.15) is 0 Å². The van der Waals surface area contributed by atoms with Crippen molar-refractivity contribution in [2.24, 2.45) is 5.41 Å². The van der Waals surface area contributed by atoms with Crippen LogP contribution in [0.4, 0.5) is 0 Å². The Morgan fingerprint density at radius 1 is 1.37 bits per heavy atom. The van der Waals surface area contributed by atoms with Crippen LogP contribution < -0.4 is 10.6 Å². The van der Waals surface area contributed by atoms with E-state index in [1.807, 2.05) is 0 Å². The lowest BCUT2D eigenvalue weighted by Gasteiger charge is -2.39. The standard InChI is InChI=1S/C15H29N3O/c1-4-18-10-6-12(7-11-18)17-14(19)13-15(2,3)8-5-9-16-13/h12-13,16H,4-11H2,1-3H3,(H,17,19). The summed E-state index contributed by atoms with van der Waals surface area (Å²) < 4.78 is 0. The summed E-state index contributed by atoms with van der Waals surface area (Å²) in [5.74, 6) is 0.208. The van der Waals surface area contributed by atoms with Crippen molar-refractivity contribution in [3.8, 4) is 0 Å². The highest BCUT2D eigenvalue weighted by atomic mass is 16.2. The third-order valence-corrected chi connectivity index (χ3v) is 4.77. The number of carbonyl (C=O) groups excluding carboxylic acids is 1. The predicted octanol–water partition coefficient (Wildman–Crippen LogP) is 1.37. The lowest BCUT2D eigenvalue weighted by molar-refractivity contribution is -0.127. The quantitative estimate of drug-likeness (QED) is 0.811. The third kappa shape index (κ3) is 3.69. The number of piperidine rings is 2. The van der Waals surface area contributed by atoms with E-state index >= 15 is 0 Å². The SMILES string of the molecule is CCN1CCC(NC(=O)C2NCCCC2(C)C)CC1. The average Bonchev–Trinajstić information content (AvgIpc) is 2.39. The largest absolute Gasteiger partial charge is 0.352 e. The van der Waals surface area contributed by atoms with E-state index in [0.29, 0.717) is 6.04 Å². The van der Waals surface area contributed by atoms with Crippen LogP contribution in [0.5, 0.6) is 0 Å². The summed E-state index contributed by atoms with van der Waals surface area (Å²) in [6, 6.07) is 0.347. The first kappa shape index (κ1) is 14.8. The van der Waals surface area contributed by atoms with Gasteiger partial charge >= 0.3 is 0 Å². The minimum Gasteiger partial charge on any atom is -0.352 e. The van der Waals surface area contributed by atoms with Crippen LogP contribution in [0.15, 0.2) is 0 Å². The Hall–Kier alpha value is -0.610. The zero-order chi connectivity index (χ0) is 13.9. The molecule has 1 unspecified atom stereocenters. The number of hydrogen-bond donors (Lipinski definition) is 2. The zero-order valence-electron chi connectivity index (χ0n) is 12.7. The molecule has 0 spiro atoms. The van der Waals surface area contributed by atoms with E-state index in [1.165, 1.54) is 6.42 Å². The second-order valence-electron chi connectivity index (χ2n) is 6.70. The number of hydrogen-bond acceptors (Lipinski definition) is 3. The van der Waals surface area contributed by atoms with E-state index in [4.69, 9.17) is 0 Å². The molecule has 2 saturated heterocycles. The van der Waals surface area contributed by atoms with Crippen LogP contribution in [-0.4, -0.2) is 49.1 Å². The summed E-state index contributed by atoms with van der Waals surface area (Å²) in [5.41, 5.74) is 0.0758. The minimum atomic E-state index is -0.0227. The Kier molecular flexibility index (Phi) is 4.85. The number of nitrogens with one attached hydrogen (secondary N) is 2. The summed E-state index contributed by atoms with van der Waals surface area (Å²) in [7, 11) is 0. The minimum absolute atomic E-state index is 0.0227. The summed E-state index contributed by atoms with van der Waals surface area (Å²) in [6.07, 6.45) is 4.48. The van der Waals surface area contributed by atoms with Gasteiger partial charge in [-0.3, -0.25) is 4.79 Å². The van der Waals surface area contributed by atoms with Crippen LogP contribution >= 0.6 is 0 Å². The molecular weight excluding hydrogens is 238 g/mol. The van der Waals surface area contributed by atoms with Gasteiger partial charge in [0.25, 0.3) is 0 Å². The van der Waals surface area contributed by atoms with Crippen LogP contribution in [0.3, 0.4) is 0 Å². The highest BCUT2D eigenvalue weighted by Gasteiger charge is 2.37. The third-order valence-electron chi connectivity index (χ3n) is 4.77. The fraction of sp³-hybridized carbons (Fsp3) is 0.933. The topological polar surface area (TPSA) is 44.4 Å². The number of likely N-dealkylation sites (tertiary alicyclic amines) is 1. The first-order chi connectivity index (χ1) is 9.03. The van der Waals surface area contributed by atoms with E-state index in [0.717, 1.165) is 45.4 Å². The molecule has 4 heteroatoms. The zero-order valence-corrected chi connectivity index (χ0v) is 12.7. The lowest BCUT2D eigenvalue weighted by atomic mass is 9.77. The van der Waals surface area contributed by atoms with Crippen LogP contribution in [0, 0.1) is 5.41 Å². The van der Waals surface area contributed by atoms with Gasteiger partial charge in [0.2, 0.25) is 5.91 Å². The van der Waals surface area contributed by atoms with Crippen molar-refractivity contribution in [2.75, 3.05) is 26.2 Å². The lowest BCUT2D eigenvalue weighted by Crippen LogP contribution is -2.58. The Morgan fingerprint density at radius 3 is 2.63 bits per heavy atom. The summed E-state index contributed by atoms with van der Waals surface area (Å²) in [5, 5.41) is 6.66. The highest BCUT2D eigenvalue weighted by Crippen LogP contribution is 2.30. The maximum absolute atomic E-state index is 12.4. The smallest absolute Gasteiger partial charge is 0.237 e. The molecule has 4 nitrogen and oxygen atoms in total. The molecule has 0 aromatic heterocycles. The monoisotopic (exact) mass is 267 g/mol. The molecule has 0 saturated carbocycles. The molecule has 19 heavy (non-hydrogen) atoms. The average molecular weight is 267 g/mol. The normalized spacial score (nSPS) is 29.1. The molecule has 2 N–H and O–H groups in total. The van der Waals surface area contributed by atoms with Gasteiger partial charge in [-0.1, -0.05) is 20.8 Å². The molecule has 110 valence electrons. The predicted molar refractivity (Wildman–Crippen MR) is 78.1 cm³/mol. The number of nitrogens with zero attached hydrogens (tertiary/aromatic N) is 1. The van der Waals surface area contributed by atoms with Crippen molar-refractivity contribution in [1.29, 1.82) is 0 Å². The molecule has 0 aromatic carbocycles. The van der Waals surface area contributed by atoms with Crippen molar-refractivity contribution in [3.63, 3.8) is 0 Å². The molecule has 0 radical (unpaired) electrons. The number of rotatable bonds is 3. The molecule has 0 bridgehead atoms. The van der Waals surface area contributed by atoms with Gasteiger partial charge in [-0.15, -0.1) is 0 Å². The first-order valence-corrected chi connectivity index (χ1v) is 7.79. The van der Waals surface area contributed by atoms with Crippen molar-refractivity contribution in [2.45, 2.75) is 58.5 Å². The first-order valence-electron chi connectivity index (χ1n) is 7.79. The van der Waals surface area contributed by atoms with Gasteiger partial charge in [-0.2, -0.15) is 0 Å². The number of amides is 1. The molecule has 2 aliphatic rings. The fourth-order valence-corrected chi connectivity index (χ4v) is 3.34. The Balaban J connectivity index is 1.84. The van der Waals surface area contributed by atoms with Gasteiger partial charge < -0.3 is 15.5 Å². The second-order valence-corrected chi connectivity index (χ2v) is 6.70. The molecule has 2 rings (SSSR count). The summed E-state index contributed by atoms with van der Waals surface area (Å²) >= 11 is 0. The fourth-order valence-electron chi connectivity index (χ4n) is 3.34. The molecule has 2 aliphatic heterocycles. The van der Waals surface area contributed by atoms with Gasteiger partial charge in [0.05, 0.1) is 6.04 Å². The molecule has 1 amide bonds. The van der Waals surface area contributed by atoms with E-state index < -0.39 is 0 Å². The van der Waals surface area contributed by atoms with Crippen molar-refractivity contribution >= 4 is 5.91 Å². The van der Waals surface area contributed by atoms with Crippen LogP contribution in [0.2, 0.25) is 0 Å². The van der Waals surface area contributed by atoms with E-state index in [9.17, 15) is 4.79 Å². The Bertz CT molecular complexity index is 309. The van der Waals surface area contributed by atoms with Gasteiger partial charge in [-0.05, 0) is 44.2 Å². The van der Waals surface area contributed by atoms with Gasteiger partial charge in [0, 0.05) is 19.1 Å². The van der Waals surface area contributed by atoms with Crippen molar-refractivity contribution < 1.29 is 4.79 Å². The molecule has 0 aliphatic carbocycles. The molecule has 2 heterocycles. The summed E-state index contributed by atoms with van der Waals surface area (Å²) in [6.45, 7) is 10.9. The van der Waals surface area contributed by atoms with Crippen molar-refractivity contribution in [1.82, 2.24) is 15.5 Å². The number of carbonyl (C=O) groups is 1. The molecule has 1 atom stereocenters. The molecular formula is C15H29N3O. The highest BCUT2D eigenvalue weighted by molar-refractivity contribution is 5.83. The van der Waals surface area contributed by atoms with Crippen LogP contribution in [-0.2, 0) is 4.79 Å². The second kappa shape index (κ2) is 6.23. The summed E-state index contributed by atoms with van der Waals surface area (Å²) in [4.78, 5) is 14.9. The van der Waals surface area contributed by atoms with Gasteiger partial charge in [-0.25, -0.2) is 0 Å². The maximum Gasteiger partial charge on any atom is 0.237 e.